The van der Waals surface area contributed by atoms with Gasteiger partial charge in [-0.15, -0.1) is 6.58 Å². The van der Waals surface area contributed by atoms with Gasteiger partial charge in [0.2, 0.25) is 0 Å². The van der Waals surface area contributed by atoms with Crippen molar-refractivity contribution in [2.24, 2.45) is 11.7 Å². The quantitative estimate of drug-likeness (QED) is 0.469. The van der Waals surface area contributed by atoms with Crippen LogP contribution in [0.4, 0.5) is 0 Å². The summed E-state index contributed by atoms with van der Waals surface area (Å²) in [6.45, 7) is 9.12. The summed E-state index contributed by atoms with van der Waals surface area (Å²) in [5.41, 5.74) is 5.76. The molecular weight excluding hydrogens is 138 g/mol. The van der Waals surface area contributed by atoms with Crippen LogP contribution in [0.1, 0.15) is 20.3 Å². The van der Waals surface area contributed by atoms with E-state index in [2.05, 4.69) is 20.4 Å². The Morgan fingerprint density at radius 2 is 2.18 bits per heavy atom. The lowest BCUT2D eigenvalue weighted by Crippen LogP contribution is -2.27. The van der Waals surface area contributed by atoms with E-state index in [9.17, 15) is 0 Å². The molecule has 2 N–H and O–H groups in total. The van der Waals surface area contributed by atoms with Crippen LogP contribution in [0.3, 0.4) is 0 Å². The molecule has 0 unspecified atom stereocenters. The SMILES string of the molecule is C=CCOC[C@@H](N)CC(C)C. The molecule has 0 aromatic heterocycles. The van der Waals surface area contributed by atoms with Crippen LogP contribution in [0.15, 0.2) is 12.7 Å². The molecule has 0 saturated carbocycles. The molecule has 0 spiro atoms. The maximum Gasteiger partial charge on any atom is 0.0645 e. The molecule has 0 aliphatic heterocycles. The van der Waals surface area contributed by atoms with Crippen molar-refractivity contribution < 1.29 is 4.74 Å². The van der Waals surface area contributed by atoms with E-state index >= 15 is 0 Å². The van der Waals surface area contributed by atoms with Crippen molar-refractivity contribution in [1.82, 2.24) is 0 Å². The summed E-state index contributed by atoms with van der Waals surface area (Å²) in [6.07, 6.45) is 2.76. The highest BCUT2D eigenvalue weighted by Crippen LogP contribution is 2.02. The van der Waals surface area contributed by atoms with E-state index in [1.54, 1.807) is 6.08 Å². The molecule has 2 nitrogen and oxygen atoms in total. The fourth-order valence-electron chi connectivity index (χ4n) is 0.976. The van der Waals surface area contributed by atoms with E-state index in [1.807, 2.05) is 0 Å². The van der Waals surface area contributed by atoms with E-state index in [4.69, 9.17) is 10.5 Å². The van der Waals surface area contributed by atoms with Crippen LogP contribution in [-0.4, -0.2) is 19.3 Å². The van der Waals surface area contributed by atoms with Gasteiger partial charge in [0.25, 0.3) is 0 Å². The molecule has 66 valence electrons. The van der Waals surface area contributed by atoms with Crippen molar-refractivity contribution in [3.8, 4) is 0 Å². The number of hydrogen-bond acceptors (Lipinski definition) is 2. The van der Waals surface area contributed by atoms with Gasteiger partial charge in [0.15, 0.2) is 0 Å². The van der Waals surface area contributed by atoms with Gasteiger partial charge in [-0.3, -0.25) is 0 Å². The Hall–Kier alpha value is -0.340. The van der Waals surface area contributed by atoms with Crippen LogP contribution < -0.4 is 5.73 Å². The van der Waals surface area contributed by atoms with Crippen LogP contribution in [0, 0.1) is 5.92 Å². The highest BCUT2D eigenvalue weighted by molar-refractivity contribution is 4.67. The van der Waals surface area contributed by atoms with Crippen LogP contribution in [0.25, 0.3) is 0 Å². The minimum absolute atomic E-state index is 0.176. The number of hydrogen-bond donors (Lipinski definition) is 1. The van der Waals surface area contributed by atoms with E-state index in [-0.39, 0.29) is 6.04 Å². The molecule has 0 aliphatic carbocycles. The van der Waals surface area contributed by atoms with Gasteiger partial charge >= 0.3 is 0 Å². The molecule has 0 bridgehead atoms. The Kier molecular flexibility index (Phi) is 6.18. The van der Waals surface area contributed by atoms with Crippen molar-refractivity contribution in [3.05, 3.63) is 12.7 Å². The summed E-state index contributed by atoms with van der Waals surface area (Å²) >= 11 is 0. The van der Waals surface area contributed by atoms with E-state index < -0.39 is 0 Å². The van der Waals surface area contributed by atoms with Crippen molar-refractivity contribution in [2.75, 3.05) is 13.2 Å². The summed E-state index contributed by atoms with van der Waals surface area (Å²) in [5, 5.41) is 0. The lowest BCUT2D eigenvalue weighted by Gasteiger charge is -2.13. The highest BCUT2D eigenvalue weighted by Gasteiger charge is 2.04. The van der Waals surface area contributed by atoms with Crippen LogP contribution >= 0.6 is 0 Å². The average Bonchev–Trinajstić information content (AvgIpc) is 1.86. The Bertz CT molecular complexity index is 102. The summed E-state index contributed by atoms with van der Waals surface area (Å²) in [5.74, 6) is 0.650. The summed E-state index contributed by atoms with van der Waals surface area (Å²) < 4.78 is 5.20. The zero-order chi connectivity index (χ0) is 8.69. The predicted molar refractivity (Wildman–Crippen MR) is 48.4 cm³/mol. The average molecular weight is 157 g/mol. The van der Waals surface area contributed by atoms with Gasteiger partial charge in [-0.25, -0.2) is 0 Å². The monoisotopic (exact) mass is 157 g/mol. The second-order valence-electron chi connectivity index (χ2n) is 3.22. The first kappa shape index (κ1) is 10.7. The molecule has 1 atom stereocenters. The van der Waals surface area contributed by atoms with Gasteiger partial charge in [-0.05, 0) is 12.3 Å². The minimum atomic E-state index is 0.176. The maximum atomic E-state index is 5.76. The summed E-state index contributed by atoms with van der Waals surface area (Å²) in [7, 11) is 0. The van der Waals surface area contributed by atoms with Gasteiger partial charge < -0.3 is 10.5 Å². The van der Waals surface area contributed by atoms with Gasteiger partial charge in [0.1, 0.15) is 0 Å². The Morgan fingerprint density at radius 1 is 1.55 bits per heavy atom. The Morgan fingerprint density at radius 3 is 2.64 bits per heavy atom. The summed E-state index contributed by atoms with van der Waals surface area (Å²) in [4.78, 5) is 0. The predicted octanol–water partition coefficient (Wildman–Crippen LogP) is 1.56. The molecule has 0 aromatic carbocycles. The molecular formula is C9H19NO. The first-order valence-corrected chi connectivity index (χ1v) is 4.11. The van der Waals surface area contributed by atoms with E-state index in [1.165, 1.54) is 0 Å². The molecule has 0 heterocycles. The fraction of sp³-hybridized carbons (Fsp3) is 0.778. The third-order valence-electron chi connectivity index (χ3n) is 1.34. The Labute approximate surface area is 69.4 Å². The smallest absolute Gasteiger partial charge is 0.0645 e. The van der Waals surface area contributed by atoms with Gasteiger partial charge in [-0.2, -0.15) is 0 Å². The molecule has 0 rings (SSSR count). The van der Waals surface area contributed by atoms with Crippen molar-refractivity contribution in [2.45, 2.75) is 26.3 Å². The minimum Gasteiger partial charge on any atom is -0.376 e. The number of rotatable bonds is 6. The van der Waals surface area contributed by atoms with Crippen LogP contribution in [-0.2, 0) is 4.74 Å². The third kappa shape index (κ3) is 7.56. The number of nitrogens with two attached hydrogens (primary N) is 1. The molecule has 0 aliphatic rings. The normalized spacial score (nSPS) is 13.5. The summed E-state index contributed by atoms with van der Waals surface area (Å²) in [6, 6.07) is 0.176. The standard InChI is InChI=1S/C9H19NO/c1-4-5-11-7-9(10)6-8(2)3/h4,8-9H,1,5-7,10H2,2-3H3/t9-/m0/s1. The van der Waals surface area contributed by atoms with Crippen LogP contribution in [0.5, 0.6) is 0 Å². The lowest BCUT2D eigenvalue weighted by atomic mass is 10.1. The zero-order valence-corrected chi connectivity index (χ0v) is 7.55. The molecule has 11 heavy (non-hydrogen) atoms. The van der Waals surface area contributed by atoms with Gasteiger partial charge in [0.05, 0.1) is 13.2 Å². The zero-order valence-electron chi connectivity index (χ0n) is 7.55. The molecule has 0 radical (unpaired) electrons. The maximum absolute atomic E-state index is 5.76. The molecule has 0 amide bonds. The number of ether oxygens (including phenoxy) is 1. The molecule has 0 fully saturated rings. The molecule has 0 saturated heterocycles. The topological polar surface area (TPSA) is 35.2 Å². The highest BCUT2D eigenvalue weighted by atomic mass is 16.5. The van der Waals surface area contributed by atoms with Crippen molar-refractivity contribution >= 4 is 0 Å². The first-order valence-electron chi connectivity index (χ1n) is 4.11. The van der Waals surface area contributed by atoms with Gasteiger partial charge in [0, 0.05) is 6.04 Å². The fourth-order valence-corrected chi connectivity index (χ4v) is 0.976. The third-order valence-corrected chi connectivity index (χ3v) is 1.34. The van der Waals surface area contributed by atoms with E-state index in [0.29, 0.717) is 19.1 Å². The second-order valence-corrected chi connectivity index (χ2v) is 3.22. The van der Waals surface area contributed by atoms with Crippen LogP contribution in [0.2, 0.25) is 0 Å². The first-order chi connectivity index (χ1) is 5.16. The molecule has 0 aromatic rings. The van der Waals surface area contributed by atoms with E-state index in [0.717, 1.165) is 6.42 Å². The van der Waals surface area contributed by atoms with Gasteiger partial charge in [-0.1, -0.05) is 19.9 Å². The lowest BCUT2D eigenvalue weighted by molar-refractivity contribution is 0.140. The Balaban J connectivity index is 3.21. The largest absolute Gasteiger partial charge is 0.376 e. The molecule has 2 heteroatoms. The van der Waals surface area contributed by atoms with Crippen molar-refractivity contribution in [3.63, 3.8) is 0 Å². The van der Waals surface area contributed by atoms with Crippen molar-refractivity contribution in [1.29, 1.82) is 0 Å². The second kappa shape index (κ2) is 6.38.